The van der Waals surface area contributed by atoms with Gasteiger partial charge in [-0.05, 0) is 26.7 Å². The Balaban J connectivity index is 0. The molecule has 0 aliphatic carbocycles. The molecule has 0 spiro atoms. The van der Waals surface area contributed by atoms with E-state index < -0.39 is 0 Å². The Kier molecular flexibility index (Phi) is 33.1. The van der Waals surface area contributed by atoms with Crippen LogP contribution >= 0.6 is 0 Å². The Morgan fingerprint density at radius 2 is 0.615 bits per heavy atom. The zero-order valence-electron chi connectivity index (χ0n) is 26.7. The molecule has 0 aromatic carbocycles. The average Bonchev–Trinajstić information content (AvgIpc) is 2.91. The van der Waals surface area contributed by atoms with Gasteiger partial charge in [-0.25, -0.2) is 9.59 Å². The van der Waals surface area contributed by atoms with Crippen molar-refractivity contribution in [2.75, 3.05) is 13.2 Å². The highest BCUT2D eigenvalue weighted by Crippen LogP contribution is 2.13. The number of ether oxygens (including phenoxy) is 2. The van der Waals surface area contributed by atoms with E-state index in [0.29, 0.717) is 24.4 Å². The molecule has 0 saturated carbocycles. The second-order valence-electron chi connectivity index (χ2n) is 11.3. The maximum Gasteiger partial charge on any atom is 0.333 e. The summed E-state index contributed by atoms with van der Waals surface area (Å²) in [7, 11) is 0. The van der Waals surface area contributed by atoms with Crippen LogP contribution in [-0.2, 0) is 19.1 Å². The number of rotatable bonds is 27. The summed E-state index contributed by atoms with van der Waals surface area (Å²) in [6.45, 7) is 16.1. The third-order valence-electron chi connectivity index (χ3n) is 6.91. The molecule has 0 amide bonds. The maximum absolute atomic E-state index is 11.1. The van der Waals surface area contributed by atoms with Gasteiger partial charge in [0.2, 0.25) is 0 Å². The Bertz CT molecular complexity index is 581. The summed E-state index contributed by atoms with van der Waals surface area (Å²) in [4.78, 5) is 22.2. The maximum atomic E-state index is 11.1. The zero-order chi connectivity index (χ0) is 29.4. The van der Waals surface area contributed by atoms with Crippen molar-refractivity contribution >= 4 is 11.9 Å². The third kappa shape index (κ3) is 34.4. The fourth-order valence-electron chi connectivity index (χ4n) is 4.29. The highest BCUT2D eigenvalue weighted by atomic mass is 16.5. The minimum Gasteiger partial charge on any atom is -0.462 e. The quantitative estimate of drug-likeness (QED) is 0.0579. The second-order valence-corrected chi connectivity index (χ2v) is 11.3. The van der Waals surface area contributed by atoms with Crippen molar-refractivity contribution in [2.24, 2.45) is 0 Å². The number of esters is 2. The fraction of sp³-hybridized carbons (Fsp3) is 0.829. The summed E-state index contributed by atoms with van der Waals surface area (Å²) in [5, 5.41) is 0. The molecular weight excluding hydrogens is 484 g/mol. The van der Waals surface area contributed by atoms with Crippen LogP contribution in [0.2, 0.25) is 0 Å². The molecule has 4 heteroatoms. The minimum absolute atomic E-state index is 0.256. The molecule has 0 aliphatic heterocycles. The molecule has 0 N–H and O–H groups in total. The molecule has 39 heavy (non-hydrogen) atoms. The van der Waals surface area contributed by atoms with E-state index in [1.807, 2.05) is 0 Å². The van der Waals surface area contributed by atoms with E-state index >= 15 is 0 Å². The summed E-state index contributed by atoms with van der Waals surface area (Å²) in [6.07, 6.45) is 30.3. The van der Waals surface area contributed by atoms with Crippen molar-refractivity contribution in [1.29, 1.82) is 0 Å². The molecule has 0 fully saturated rings. The van der Waals surface area contributed by atoms with Crippen LogP contribution in [0.5, 0.6) is 0 Å². The van der Waals surface area contributed by atoms with Crippen molar-refractivity contribution in [3.8, 4) is 0 Å². The summed E-state index contributed by atoms with van der Waals surface area (Å²) in [6, 6.07) is 0. The van der Waals surface area contributed by atoms with E-state index in [-0.39, 0.29) is 11.9 Å². The molecule has 4 nitrogen and oxygen atoms in total. The standard InChI is InChI=1S/C19H36O2.C16H30O2/c1-4-5-6-7-8-9-10-11-12-13-14-15-16-17-21-19(20)18(2)3;1-4-5-6-7-8-9-10-11-12-13-14-18-16(17)15(2)3/h2,4-17H2,1,3H3;2,4-14H2,1,3H3. The number of carbonyl (C=O) groups is 2. The van der Waals surface area contributed by atoms with Crippen LogP contribution in [0.25, 0.3) is 0 Å². The van der Waals surface area contributed by atoms with Crippen LogP contribution in [0.15, 0.2) is 24.3 Å². The van der Waals surface area contributed by atoms with Gasteiger partial charge in [0.15, 0.2) is 0 Å². The molecule has 230 valence electrons. The van der Waals surface area contributed by atoms with E-state index in [2.05, 4.69) is 27.0 Å². The van der Waals surface area contributed by atoms with Crippen molar-refractivity contribution in [3.05, 3.63) is 24.3 Å². The largest absolute Gasteiger partial charge is 0.462 e. The molecule has 0 aliphatic rings. The van der Waals surface area contributed by atoms with Gasteiger partial charge in [0.05, 0.1) is 13.2 Å². The Labute approximate surface area is 243 Å². The number of carbonyl (C=O) groups excluding carboxylic acids is 2. The molecule has 0 atom stereocenters. The molecular formula is C35H66O4. The lowest BCUT2D eigenvalue weighted by Crippen LogP contribution is -2.05. The Morgan fingerprint density at radius 3 is 0.821 bits per heavy atom. The Morgan fingerprint density at radius 1 is 0.410 bits per heavy atom. The molecule has 0 radical (unpaired) electrons. The number of hydrogen-bond donors (Lipinski definition) is 0. The average molecular weight is 551 g/mol. The van der Waals surface area contributed by atoms with Crippen LogP contribution in [0.4, 0.5) is 0 Å². The zero-order valence-corrected chi connectivity index (χ0v) is 26.7. The van der Waals surface area contributed by atoms with Gasteiger partial charge < -0.3 is 9.47 Å². The smallest absolute Gasteiger partial charge is 0.333 e. The first-order valence-corrected chi connectivity index (χ1v) is 16.5. The monoisotopic (exact) mass is 550 g/mol. The summed E-state index contributed by atoms with van der Waals surface area (Å²) in [5.74, 6) is -0.514. The number of unbranched alkanes of at least 4 members (excludes halogenated alkanes) is 21. The lowest BCUT2D eigenvalue weighted by atomic mass is 10.0. The first-order chi connectivity index (χ1) is 18.9. The van der Waals surface area contributed by atoms with Crippen molar-refractivity contribution in [3.63, 3.8) is 0 Å². The van der Waals surface area contributed by atoms with Gasteiger partial charge in [0.25, 0.3) is 0 Å². The van der Waals surface area contributed by atoms with Crippen molar-refractivity contribution in [1.82, 2.24) is 0 Å². The highest BCUT2D eigenvalue weighted by molar-refractivity contribution is 5.87. The van der Waals surface area contributed by atoms with Gasteiger partial charge in [-0.3, -0.25) is 0 Å². The second kappa shape index (κ2) is 32.6. The SMILES string of the molecule is C=C(C)C(=O)OCCCCCCCCCCCC.C=C(C)C(=O)OCCCCCCCCCCCCCCC. The summed E-state index contributed by atoms with van der Waals surface area (Å²) >= 11 is 0. The molecule has 0 aromatic heterocycles. The lowest BCUT2D eigenvalue weighted by molar-refractivity contribution is -0.139. The van der Waals surface area contributed by atoms with Crippen LogP contribution in [0.1, 0.15) is 175 Å². The molecule has 0 aromatic rings. The van der Waals surface area contributed by atoms with Gasteiger partial charge >= 0.3 is 11.9 Å². The first-order valence-electron chi connectivity index (χ1n) is 16.5. The summed E-state index contributed by atoms with van der Waals surface area (Å²) < 4.78 is 10.1. The summed E-state index contributed by atoms with van der Waals surface area (Å²) in [5.41, 5.74) is 0.978. The van der Waals surface area contributed by atoms with E-state index in [4.69, 9.17) is 9.47 Å². The van der Waals surface area contributed by atoms with Crippen LogP contribution in [-0.4, -0.2) is 25.2 Å². The molecule has 0 heterocycles. The van der Waals surface area contributed by atoms with Gasteiger partial charge in [0, 0.05) is 11.1 Å². The first kappa shape index (κ1) is 39.6. The molecule has 0 bridgehead atoms. The molecule has 0 unspecified atom stereocenters. The molecule has 0 saturated heterocycles. The fourth-order valence-corrected chi connectivity index (χ4v) is 4.29. The van der Waals surface area contributed by atoms with Crippen molar-refractivity contribution < 1.29 is 19.1 Å². The topological polar surface area (TPSA) is 52.6 Å². The van der Waals surface area contributed by atoms with E-state index in [0.717, 1.165) is 12.8 Å². The molecule has 0 rings (SSSR count). The predicted octanol–water partition coefficient (Wildman–Crippen LogP) is 11.2. The lowest BCUT2D eigenvalue weighted by Gasteiger charge is -2.04. The van der Waals surface area contributed by atoms with E-state index in [1.54, 1.807) is 13.8 Å². The van der Waals surface area contributed by atoms with Crippen LogP contribution < -0.4 is 0 Å². The van der Waals surface area contributed by atoms with Gasteiger partial charge in [-0.2, -0.15) is 0 Å². The van der Waals surface area contributed by atoms with E-state index in [9.17, 15) is 9.59 Å². The van der Waals surface area contributed by atoms with Crippen LogP contribution in [0.3, 0.4) is 0 Å². The minimum atomic E-state index is -0.258. The van der Waals surface area contributed by atoms with E-state index in [1.165, 1.54) is 135 Å². The highest BCUT2D eigenvalue weighted by Gasteiger charge is 2.02. The predicted molar refractivity (Wildman–Crippen MR) is 169 cm³/mol. The normalized spacial score (nSPS) is 10.5. The Hall–Kier alpha value is -1.58. The van der Waals surface area contributed by atoms with Gasteiger partial charge in [-0.1, -0.05) is 162 Å². The van der Waals surface area contributed by atoms with Crippen LogP contribution in [0, 0.1) is 0 Å². The van der Waals surface area contributed by atoms with Gasteiger partial charge in [0.1, 0.15) is 0 Å². The van der Waals surface area contributed by atoms with Crippen molar-refractivity contribution in [2.45, 2.75) is 175 Å². The number of hydrogen-bond acceptors (Lipinski definition) is 4. The third-order valence-corrected chi connectivity index (χ3v) is 6.91. The van der Waals surface area contributed by atoms with Gasteiger partial charge in [-0.15, -0.1) is 0 Å².